The number of aromatic nitrogens is 2. The van der Waals surface area contributed by atoms with Gasteiger partial charge >= 0.3 is 0 Å². The Morgan fingerprint density at radius 2 is 0.871 bits per heavy atom. The highest BCUT2D eigenvalue weighted by Gasteiger charge is 2.31. The summed E-state index contributed by atoms with van der Waals surface area (Å²) in [6.07, 6.45) is 0. The van der Waals surface area contributed by atoms with E-state index in [9.17, 15) is 20.2 Å². The van der Waals surface area contributed by atoms with Crippen LogP contribution in [0.15, 0.2) is 224 Å². The van der Waals surface area contributed by atoms with Crippen LogP contribution in [0.5, 0.6) is 0 Å². The van der Waals surface area contributed by atoms with Crippen molar-refractivity contribution in [3.63, 3.8) is 0 Å². The van der Waals surface area contributed by atoms with Gasteiger partial charge < -0.3 is 14.0 Å². The minimum atomic E-state index is -0.347. The molecule has 0 aliphatic rings. The van der Waals surface area contributed by atoms with Gasteiger partial charge in [-0.3, -0.25) is 20.2 Å². The standard InChI is InChI=1S/C60H37N5O4S/c66-64(67)44-32-34-48-51(36-44)62(41-20-9-3-10-21-41)58-56(48)54(38-28-30-43(31-29-38)61(39-16-5-1-6-17-39)40-18-7-2-8-19-40)55(50-26-15-25-47-46-24-13-14-27-53(46)70-60(47)50)57-49-35-33-45(65(68)69)37-52(49)63(59(57)58)42-22-11-4-12-23-42/h1-37H. The third-order valence-electron chi connectivity index (χ3n) is 13.4. The molecule has 0 N–H and O–H groups in total. The Bertz CT molecular complexity index is 4190. The molecule has 0 atom stereocenters. The van der Waals surface area contributed by atoms with Gasteiger partial charge in [0, 0.05) is 111 Å². The van der Waals surface area contributed by atoms with E-state index in [-0.39, 0.29) is 21.2 Å². The van der Waals surface area contributed by atoms with Gasteiger partial charge in [0.25, 0.3) is 11.4 Å². The molecule has 0 spiro atoms. The van der Waals surface area contributed by atoms with Crippen LogP contribution < -0.4 is 4.90 Å². The molecule has 13 aromatic rings. The van der Waals surface area contributed by atoms with E-state index in [0.717, 1.165) is 103 Å². The summed E-state index contributed by atoms with van der Waals surface area (Å²) in [7, 11) is 0. The molecule has 0 unspecified atom stereocenters. The molecule has 10 heteroatoms. The molecular formula is C60H37N5O4S. The Morgan fingerprint density at radius 1 is 0.414 bits per heavy atom. The van der Waals surface area contributed by atoms with Gasteiger partial charge in [-0.15, -0.1) is 11.3 Å². The highest BCUT2D eigenvalue weighted by molar-refractivity contribution is 7.26. The van der Waals surface area contributed by atoms with Gasteiger partial charge in [0.2, 0.25) is 0 Å². The van der Waals surface area contributed by atoms with Gasteiger partial charge in [-0.1, -0.05) is 121 Å². The van der Waals surface area contributed by atoms with Gasteiger partial charge in [-0.05, 0) is 84.4 Å². The van der Waals surface area contributed by atoms with Crippen LogP contribution in [0, 0.1) is 20.2 Å². The topological polar surface area (TPSA) is 99.4 Å². The van der Waals surface area contributed by atoms with Crippen molar-refractivity contribution in [3.8, 4) is 33.6 Å². The maximum absolute atomic E-state index is 12.7. The van der Waals surface area contributed by atoms with Crippen molar-refractivity contribution >= 4 is 104 Å². The van der Waals surface area contributed by atoms with Crippen molar-refractivity contribution < 1.29 is 9.85 Å². The van der Waals surface area contributed by atoms with Crippen molar-refractivity contribution in [2.45, 2.75) is 0 Å². The van der Waals surface area contributed by atoms with Crippen LogP contribution in [0.25, 0.3) is 97.4 Å². The number of non-ortho nitro benzene ring substituents is 2. The van der Waals surface area contributed by atoms with Crippen LogP contribution in [0.4, 0.5) is 28.4 Å². The van der Waals surface area contributed by atoms with Crippen LogP contribution in [0.3, 0.4) is 0 Å². The van der Waals surface area contributed by atoms with Crippen molar-refractivity contribution in [1.82, 2.24) is 9.13 Å². The number of para-hydroxylation sites is 4. The number of thiophene rings is 1. The summed E-state index contributed by atoms with van der Waals surface area (Å²) in [4.78, 5) is 27.0. The first kappa shape index (κ1) is 40.9. The summed E-state index contributed by atoms with van der Waals surface area (Å²) in [5.74, 6) is 0. The Hall–Kier alpha value is -9.38. The molecule has 0 radical (unpaired) electrons. The zero-order chi connectivity index (χ0) is 47.0. The minimum Gasteiger partial charge on any atom is -0.311 e. The Balaban J connectivity index is 1.28. The highest BCUT2D eigenvalue weighted by Crippen LogP contribution is 2.55. The van der Waals surface area contributed by atoms with Gasteiger partial charge in [0.15, 0.2) is 0 Å². The first-order chi connectivity index (χ1) is 34.4. The summed E-state index contributed by atoms with van der Waals surface area (Å²) >= 11 is 1.75. The molecule has 0 bridgehead atoms. The molecule has 13 rings (SSSR count). The van der Waals surface area contributed by atoms with E-state index in [1.165, 1.54) is 0 Å². The fourth-order valence-electron chi connectivity index (χ4n) is 10.6. The van der Waals surface area contributed by atoms with E-state index in [4.69, 9.17) is 0 Å². The summed E-state index contributed by atoms with van der Waals surface area (Å²) in [6, 6.07) is 74.5. The highest BCUT2D eigenvalue weighted by atomic mass is 32.1. The monoisotopic (exact) mass is 923 g/mol. The Labute approximate surface area is 403 Å². The summed E-state index contributed by atoms with van der Waals surface area (Å²) in [5.41, 5.74) is 11.3. The van der Waals surface area contributed by atoms with Crippen molar-refractivity contribution in [2.75, 3.05) is 4.90 Å². The fourth-order valence-corrected chi connectivity index (χ4v) is 11.8. The van der Waals surface area contributed by atoms with Crippen LogP contribution in [0.1, 0.15) is 0 Å². The Kier molecular flexibility index (Phi) is 9.43. The molecule has 0 saturated carbocycles. The number of nitrogens with zero attached hydrogens (tertiary/aromatic N) is 5. The normalized spacial score (nSPS) is 11.7. The van der Waals surface area contributed by atoms with Crippen molar-refractivity contribution in [1.29, 1.82) is 0 Å². The molecule has 70 heavy (non-hydrogen) atoms. The molecule has 0 saturated heterocycles. The van der Waals surface area contributed by atoms with Gasteiger partial charge in [0.1, 0.15) is 0 Å². The second-order valence-electron chi connectivity index (χ2n) is 17.3. The lowest BCUT2D eigenvalue weighted by Gasteiger charge is -2.26. The predicted octanol–water partition coefficient (Wildman–Crippen LogP) is 16.9. The quantitative estimate of drug-likeness (QED) is 0.106. The first-order valence-corrected chi connectivity index (χ1v) is 23.7. The number of hydrogen-bond donors (Lipinski definition) is 0. The van der Waals surface area contributed by atoms with E-state index in [0.29, 0.717) is 11.0 Å². The summed E-state index contributed by atoms with van der Waals surface area (Å²) in [6.45, 7) is 0. The smallest absolute Gasteiger partial charge is 0.271 e. The second-order valence-corrected chi connectivity index (χ2v) is 18.3. The second kappa shape index (κ2) is 16.2. The predicted molar refractivity (Wildman–Crippen MR) is 287 cm³/mol. The molecule has 0 aliphatic carbocycles. The number of fused-ring (bicyclic) bond motifs is 10. The lowest BCUT2D eigenvalue weighted by Crippen LogP contribution is -2.09. The number of nitro benzene ring substituents is 2. The molecule has 0 fully saturated rings. The van der Waals surface area contributed by atoms with Gasteiger partial charge in [0.05, 0.1) is 31.9 Å². The number of nitro groups is 2. The fraction of sp³-hybridized carbons (Fsp3) is 0. The average Bonchev–Trinajstić information content (AvgIpc) is 4.08. The molecule has 0 amide bonds. The SMILES string of the molecule is O=[N+]([O-])c1ccc2c3c(-c4ccc(N(c5ccccc5)c5ccccc5)cc4)c(-c4cccc5c4sc4ccccc45)c4c5ccc([N+](=O)[O-])cc5n(-c5ccccc5)c4c3n(-c3ccccc3)c2c1. The van der Waals surface area contributed by atoms with E-state index < -0.39 is 0 Å². The van der Waals surface area contributed by atoms with Gasteiger partial charge in [-0.25, -0.2) is 0 Å². The van der Waals surface area contributed by atoms with E-state index in [1.807, 2.05) is 109 Å². The van der Waals surface area contributed by atoms with Crippen molar-refractivity contribution in [2.24, 2.45) is 0 Å². The first-order valence-electron chi connectivity index (χ1n) is 22.9. The van der Waals surface area contributed by atoms with Crippen LogP contribution in [-0.2, 0) is 0 Å². The number of hydrogen-bond acceptors (Lipinski definition) is 6. The molecule has 9 nitrogen and oxygen atoms in total. The molecule has 3 aromatic heterocycles. The summed E-state index contributed by atoms with van der Waals surface area (Å²) < 4.78 is 6.55. The van der Waals surface area contributed by atoms with Gasteiger partial charge in [-0.2, -0.15) is 0 Å². The van der Waals surface area contributed by atoms with Crippen molar-refractivity contribution in [3.05, 3.63) is 245 Å². The third kappa shape index (κ3) is 6.31. The summed E-state index contributed by atoms with van der Waals surface area (Å²) in [5, 5.41) is 31.1. The lowest BCUT2D eigenvalue weighted by molar-refractivity contribution is -0.384. The van der Waals surface area contributed by atoms with Crippen LogP contribution in [-0.4, -0.2) is 19.0 Å². The minimum absolute atomic E-state index is 0.0340. The maximum atomic E-state index is 12.7. The zero-order valence-electron chi connectivity index (χ0n) is 37.1. The zero-order valence-corrected chi connectivity index (χ0v) is 38.0. The molecule has 0 aliphatic heterocycles. The Morgan fingerprint density at radius 3 is 1.40 bits per heavy atom. The molecule has 10 aromatic carbocycles. The molecule has 332 valence electrons. The lowest BCUT2D eigenvalue weighted by atomic mass is 9.86. The van der Waals surface area contributed by atoms with E-state index >= 15 is 0 Å². The third-order valence-corrected chi connectivity index (χ3v) is 14.7. The van der Waals surface area contributed by atoms with Crippen LogP contribution >= 0.6 is 11.3 Å². The number of rotatable bonds is 9. The van der Waals surface area contributed by atoms with Crippen LogP contribution in [0.2, 0.25) is 0 Å². The molecule has 3 heterocycles. The molecular weight excluding hydrogens is 887 g/mol. The number of anilines is 3. The van der Waals surface area contributed by atoms with E-state index in [1.54, 1.807) is 35.6 Å². The largest absolute Gasteiger partial charge is 0.311 e. The van der Waals surface area contributed by atoms with E-state index in [2.05, 4.69) is 105 Å². The average molecular weight is 924 g/mol. The number of benzene rings is 10. The maximum Gasteiger partial charge on any atom is 0.271 e.